The molecule has 4 heteroatoms. The summed E-state index contributed by atoms with van der Waals surface area (Å²) in [7, 11) is 0. The van der Waals surface area contributed by atoms with Crippen LogP contribution in [0.3, 0.4) is 0 Å². The third-order valence-electron chi connectivity index (χ3n) is 2.36. The maximum Gasteiger partial charge on any atom is 0.307 e. The highest BCUT2D eigenvalue weighted by molar-refractivity contribution is 5.81. The Morgan fingerprint density at radius 3 is 2.72 bits per heavy atom. The molecule has 0 aliphatic rings. The quantitative estimate of drug-likeness (QED) is 0.835. The van der Waals surface area contributed by atoms with Crippen LogP contribution in [0, 0.1) is 0 Å². The fourth-order valence-corrected chi connectivity index (χ4v) is 1.54. The molecule has 0 saturated carbocycles. The summed E-state index contributed by atoms with van der Waals surface area (Å²) in [5, 5.41) is 8.81. The Hall–Kier alpha value is -2.49. The minimum Gasteiger partial charge on any atom is -0.481 e. The van der Waals surface area contributed by atoms with Gasteiger partial charge in [0.05, 0.1) is 24.0 Å². The molecule has 0 amide bonds. The van der Waals surface area contributed by atoms with Crippen LogP contribution in [0.1, 0.15) is 11.3 Å². The lowest BCUT2D eigenvalue weighted by atomic mass is 10.1. The van der Waals surface area contributed by atoms with Crippen molar-refractivity contribution in [3.05, 3.63) is 59.9 Å². The number of rotatable bonds is 4. The molecule has 0 bridgehead atoms. The van der Waals surface area contributed by atoms with E-state index in [-0.39, 0.29) is 6.42 Å². The largest absolute Gasteiger partial charge is 0.481 e. The number of benzene rings is 1. The molecule has 90 valence electrons. The van der Waals surface area contributed by atoms with Crippen LogP contribution in [0.4, 0.5) is 5.69 Å². The van der Waals surface area contributed by atoms with Crippen LogP contribution in [0.5, 0.6) is 0 Å². The number of aromatic nitrogens is 1. The van der Waals surface area contributed by atoms with Crippen LogP contribution in [-0.4, -0.2) is 22.3 Å². The molecule has 2 rings (SSSR count). The molecule has 0 saturated heterocycles. The highest BCUT2D eigenvalue weighted by atomic mass is 16.4. The van der Waals surface area contributed by atoms with E-state index in [4.69, 9.17) is 5.11 Å². The summed E-state index contributed by atoms with van der Waals surface area (Å²) in [4.78, 5) is 19.1. The molecule has 0 fully saturated rings. The second-order valence-corrected chi connectivity index (χ2v) is 3.71. The van der Waals surface area contributed by atoms with Gasteiger partial charge in [-0.15, -0.1) is 0 Å². The number of hydrogen-bond acceptors (Lipinski definition) is 3. The van der Waals surface area contributed by atoms with Gasteiger partial charge in [-0.05, 0) is 23.8 Å². The van der Waals surface area contributed by atoms with Crippen LogP contribution in [0.15, 0.2) is 53.7 Å². The van der Waals surface area contributed by atoms with Gasteiger partial charge in [-0.25, -0.2) is 0 Å². The van der Waals surface area contributed by atoms with Crippen molar-refractivity contribution in [1.29, 1.82) is 0 Å². The Morgan fingerprint density at radius 1 is 1.22 bits per heavy atom. The maximum absolute atomic E-state index is 10.7. The van der Waals surface area contributed by atoms with Gasteiger partial charge in [0.2, 0.25) is 0 Å². The summed E-state index contributed by atoms with van der Waals surface area (Å²) >= 11 is 0. The van der Waals surface area contributed by atoms with Gasteiger partial charge in [-0.2, -0.15) is 0 Å². The van der Waals surface area contributed by atoms with E-state index >= 15 is 0 Å². The van der Waals surface area contributed by atoms with Crippen molar-refractivity contribution in [3.63, 3.8) is 0 Å². The van der Waals surface area contributed by atoms with Crippen LogP contribution >= 0.6 is 0 Å². The molecule has 0 unspecified atom stereocenters. The fourth-order valence-electron chi connectivity index (χ4n) is 1.54. The zero-order valence-electron chi connectivity index (χ0n) is 9.65. The first-order valence-electron chi connectivity index (χ1n) is 5.50. The number of para-hydroxylation sites is 1. The Labute approximate surface area is 105 Å². The van der Waals surface area contributed by atoms with Crippen LogP contribution in [0.2, 0.25) is 0 Å². The summed E-state index contributed by atoms with van der Waals surface area (Å²) in [6, 6.07) is 12.7. The molecule has 2 aromatic rings. The second kappa shape index (κ2) is 5.72. The number of nitrogens with zero attached hydrogens (tertiary/aromatic N) is 2. The molecule has 1 aromatic heterocycles. The van der Waals surface area contributed by atoms with Gasteiger partial charge in [0, 0.05) is 6.20 Å². The number of carbonyl (C=O) groups is 1. The van der Waals surface area contributed by atoms with Crippen LogP contribution < -0.4 is 0 Å². The molecule has 1 heterocycles. The zero-order valence-corrected chi connectivity index (χ0v) is 9.65. The molecule has 0 aliphatic heterocycles. The van der Waals surface area contributed by atoms with Crippen molar-refractivity contribution < 1.29 is 9.90 Å². The molecule has 18 heavy (non-hydrogen) atoms. The third-order valence-corrected chi connectivity index (χ3v) is 2.36. The number of aliphatic imine (C=N–C) groups is 1. The third kappa shape index (κ3) is 3.25. The topological polar surface area (TPSA) is 62.5 Å². The number of aliphatic carboxylic acids is 1. The van der Waals surface area contributed by atoms with E-state index in [0.29, 0.717) is 11.3 Å². The minimum absolute atomic E-state index is 0.0320. The number of pyridine rings is 1. The molecule has 0 radical (unpaired) electrons. The summed E-state index contributed by atoms with van der Waals surface area (Å²) in [6.45, 7) is 0. The standard InChI is InChI=1S/C14H12N2O2/c17-14(18)9-11-5-1-2-7-13(11)16-10-12-6-3-4-8-15-12/h1-8,10H,9H2,(H,17,18). The van der Waals surface area contributed by atoms with Crippen molar-refractivity contribution >= 4 is 17.9 Å². The number of carboxylic acids is 1. The van der Waals surface area contributed by atoms with E-state index in [1.807, 2.05) is 24.3 Å². The normalized spacial score (nSPS) is 10.7. The molecule has 0 atom stereocenters. The first-order valence-corrected chi connectivity index (χ1v) is 5.50. The van der Waals surface area contributed by atoms with Gasteiger partial charge < -0.3 is 5.11 Å². The predicted molar refractivity (Wildman–Crippen MR) is 69.3 cm³/mol. The van der Waals surface area contributed by atoms with Crippen LogP contribution in [0.25, 0.3) is 0 Å². The lowest BCUT2D eigenvalue weighted by Crippen LogP contribution is -2.00. The van der Waals surface area contributed by atoms with Crippen molar-refractivity contribution in [2.24, 2.45) is 4.99 Å². The average Bonchev–Trinajstić information content (AvgIpc) is 2.38. The summed E-state index contributed by atoms with van der Waals surface area (Å²) < 4.78 is 0. The van der Waals surface area contributed by atoms with Crippen molar-refractivity contribution in [2.45, 2.75) is 6.42 Å². The summed E-state index contributed by atoms with van der Waals surface area (Å²) in [5.74, 6) is -0.865. The summed E-state index contributed by atoms with van der Waals surface area (Å²) in [6.07, 6.45) is 3.28. The van der Waals surface area contributed by atoms with Gasteiger partial charge in [-0.1, -0.05) is 24.3 Å². The van der Waals surface area contributed by atoms with Crippen LogP contribution in [-0.2, 0) is 11.2 Å². The average molecular weight is 240 g/mol. The lowest BCUT2D eigenvalue weighted by molar-refractivity contribution is -0.136. The van der Waals surface area contributed by atoms with Crippen molar-refractivity contribution in [2.75, 3.05) is 0 Å². The molecule has 0 aliphatic carbocycles. The van der Waals surface area contributed by atoms with E-state index in [0.717, 1.165) is 5.69 Å². The highest BCUT2D eigenvalue weighted by Gasteiger charge is 2.04. The van der Waals surface area contributed by atoms with E-state index in [1.165, 1.54) is 0 Å². The summed E-state index contributed by atoms with van der Waals surface area (Å²) in [5.41, 5.74) is 2.09. The Kier molecular flexibility index (Phi) is 3.81. The van der Waals surface area contributed by atoms with E-state index < -0.39 is 5.97 Å². The number of hydrogen-bond donors (Lipinski definition) is 1. The molecule has 0 spiro atoms. The Bertz CT molecular complexity index is 565. The Morgan fingerprint density at radius 2 is 2.00 bits per heavy atom. The van der Waals surface area contributed by atoms with Gasteiger partial charge in [-0.3, -0.25) is 14.8 Å². The van der Waals surface area contributed by atoms with Gasteiger partial charge in [0.25, 0.3) is 0 Å². The highest BCUT2D eigenvalue weighted by Crippen LogP contribution is 2.18. The van der Waals surface area contributed by atoms with Crippen molar-refractivity contribution in [1.82, 2.24) is 4.98 Å². The first kappa shape index (κ1) is 12.0. The smallest absolute Gasteiger partial charge is 0.307 e. The van der Waals surface area contributed by atoms with Crippen molar-refractivity contribution in [3.8, 4) is 0 Å². The minimum atomic E-state index is -0.865. The predicted octanol–water partition coefficient (Wildman–Crippen LogP) is 2.46. The lowest BCUT2D eigenvalue weighted by Gasteiger charge is -2.01. The molecule has 4 nitrogen and oxygen atoms in total. The SMILES string of the molecule is O=C(O)Cc1ccccc1N=Cc1ccccn1. The molecular formula is C14H12N2O2. The fraction of sp³-hybridized carbons (Fsp3) is 0.0714. The van der Waals surface area contributed by atoms with E-state index in [1.54, 1.807) is 30.6 Å². The maximum atomic E-state index is 10.7. The number of carboxylic acid groups (broad SMARTS) is 1. The van der Waals surface area contributed by atoms with Gasteiger partial charge in [0.15, 0.2) is 0 Å². The van der Waals surface area contributed by atoms with E-state index in [9.17, 15) is 4.79 Å². The van der Waals surface area contributed by atoms with E-state index in [2.05, 4.69) is 9.98 Å². The monoisotopic (exact) mass is 240 g/mol. The molecule has 1 N–H and O–H groups in total. The molecule has 1 aromatic carbocycles. The first-order chi connectivity index (χ1) is 8.75. The zero-order chi connectivity index (χ0) is 12.8. The van der Waals surface area contributed by atoms with Gasteiger partial charge in [0.1, 0.15) is 0 Å². The second-order valence-electron chi connectivity index (χ2n) is 3.71. The van der Waals surface area contributed by atoms with Gasteiger partial charge >= 0.3 is 5.97 Å². The molecular weight excluding hydrogens is 228 g/mol. The Balaban J connectivity index is 2.23.